The molecule has 0 saturated heterocycles. The molecule has 1 heterocycles. The lowest BCUT2D eigenvalue weighted by Crippen LogP contribution is -2.15. The van der Waals surface area contributed by atoms with Crippen LogP contribution in [0.5, 0.6) is 0 Å². The van der Waals surface area contributed by atoms with E-state index in [0.29, 0.717) is 6.04 Å². The van der Waals surface area contributed by atoms with Crippen molar-refractivity contribution in [2.45, 2.75) is 25.8 Å². The minimum Gasteiger partial charge on any atom is -0.380 e. The Morgan fingerprint density at radius 1 is 1.57 bits per heavy atom. The highest BCUT2D eigenvalue weighted by atomic mass is 16.5. The zero-order chi connectivity index (χ0) is 10.2. The molecule has 0 radical (unpaired) electrons. The SMILES string of the molecule is CCOC[C@H](CCCN)n1ccnc1. The summed E-state index contributed by atoms with van der Waals surface area (Å²) in [5.41, 5.74) is 5.49. The Morgan fingerprint density at radius 3 is 3.00 bits per heavy atom. The van der Waals surface area contributed by atoms with E-state index < -0.39 is 0 Å². The van der Waals surface area contributed by atoms with Crippen LogP contribution >= 0.6 is 0 Å². The second-order valence-corrected chi connectivity index (χ2v) is 3.25. The highest BCUT2D eigenvalue weighted by Gasteiger charge is 2.09. The first kappa shape index (κ1) is 11.2. The van der Waals surface area contributed by atoms with Gasteiger partial charge in [-0.3, -0.25) is 0 Å². The Bertz CT molecular complexity index is 215. The first-order valence-electron chi connectivity index (χ1n) is 5.13. The lowest BCUT2D eigenvalue weighted by molar-refractivity contribution is 0.109. The minimum atomic E-state index is 0.376. The molecule has 0 unspecified atom stereocenters. The maximum Gasteiger partial charge on any atom is 0.0949 e. The molecule has 2 N–H and O–H groups in total. The fourth-order valence-corrected chi connectivity index (χ4v) is 1.41. The normalized spacial score (nSPS) is 13.0. The molecule has 4 nitrogen and oxygen atoms in total. The molecule has 1 rings (SSSR count). The van der Waals surface area contributed by atoms with Crippen molar-refractivity contribution in [1.29, 1.82) is 0 Å². The maximum absolute atomic E-state index is 5.49. The van der Waals surface area contributed by atoms with Crippen LogP contribution in [0.15, 0.2) is 18.7 Å². The number of nitrogens with zero attached hydrogens (tertiary/aromatic N) is 2. The lowest BCUT2D eigenvalue weighted by Gasteiger charge is -2.17. The van der Waals surface area contributed by atoms with Crippen LogP contribution in [-0.4, -0.2) is 29.3 Å². The third-order valence-electron chi connectivity index (χ3n) is 2.20. The number of imidazole rings is 1. The lowest BCUT2D eigenvalue weighted by atomic mass is 10.1. The van der Waals surface area contributed by atoms with Crippen LogP contribution in [-0.2, 0) is 4.74 Å². The molecule has 1 aromatic heterocycles. The van der Waals surface area contributed by atoms with Gasteiger partial charge in [-0.1, -0.05) is 0 Å². The zero-order valence-electron chi connectivity index (χ0n) is 8.72. The van der Waals surface area contributed by atoms with Gasteiger partial charge in [0.25, 0.3) is 0 Å². The molecule has 1 atom stereocenters. The first-order chi connectivity index (χ1) is 6.88. The van der Waals surface area contributed by atoms with Gasteiger partial charge in [-0.15, -0.1) is 0 Å². The molecule has 0 fully saturated rings. The van der Waals surface area contributed by atoms with Crippen LogP contribution in [0.4, 0.5) is 0 Å². The van der Waals surface area contributed by atoms with E-state index in [4.69, 9.17) is 10.5 Å². The number of aromatic nitrogens is 2. The third-order valence-corrected chi connectivity index (χ3v) is 2.20. The van der Waals surface area contributed by atoms with Crippen molar-refractivity contribution < 1.29 is 4.74 Å². The van der Waals surface area contributed by atoms with Crippen LogP contribution in [0.25, 0.3) is 0 Å². The molecule has 0 aliphatic heterocycles. The van der Waals surface area contributed by atoms with E-state index in [2.05, 4.69) is 9.55 Å². The van der Waals surface area contributed by atoms with Gasteiger partial charge in [0.1, 0.15) is 0 Å². The first-order valence-corrected chi connectivity index (χ1v) is 5.13. The Kier molecular flexibility index (Phi) is 5.25. The Labute approximate surface area is 85.1 Å². The smallest absolute Gasteiger partial charge is 0.0949 e. The molecule has 0 aliphatic rings. The zero-order valence-corrected chi connectivity index (χ0v) is 8.72. The predicted molar refractivity (Wildman–Crippen MR) is 56.0 cm³/mol. The Balaban J connectivity index is 2.44. The average molecular weight is 197 g/mol. The molecule has 0 amide bonds. The van der Waals surface area contributed by atoms with Crippen molar-refractivity contribution >= 4 is 0 Å². The summed E-state index contributed by atoms with van der Waals surface area (Å²) in [7, 11) is 0. The number of hydrogen-bond acceptors (Lipinski definition) is 3. The molecule has 80 valence electrons. The van der Waals surface area contributed by atoms with Gasteiger partial charge >= 0.3 is 0 Å². The van der Waals surface area contributed by atoms with E-state index in [9.17, 15) is 0 Å². The molecule has 14 heavy (non-hydrogen) atoms. The van der Waals surface area contributed by atoms with Crippen molar-refractivity contribution in [3.05, 3.63) is 18.7 Å². The van der Waals surface area contributed by atoms with Gasteiger partial charge in [0, 0.05) is 19.0 Å². The summed E-state index contributed by atoms with van der Waals surface area (Å²) in [5.74, 6) is 0. The quantitative estimate of drug-likeness (QED) is 0.714. The summed E-state index contributed by atoms with van der Waals surface area (Å²) in [6, 6.07) is 0.376. The number of ether oxygens (including phenoxy) is 1. The molecule has 0 spiro atoms. The third kappa shape index (κ3) is 3.47. The number of hydrogen-bond donors (Lipinski definition) is 1. The van der Waals surface area contributed by atoms with Crippen LogP contribution < -0.4 is 5.73 Å². The van der Waals surface area contributed by atoms with Gasteiger partial charge in [-0.2, -0.15) is 0 Å². The van der Waals surface area contributed by atoms with Crippen LogP contribution in [0.1, 0.15) is 25.8 Å². The summed E-state index contributed by atoms with van der Waals surface area (Å²) in [6.45, 7) is 4.24. The summed E-state index contributed by atoms with van der Waals surface area (Å²) in [6.07, 6.45) is 7.67. The van der Waals surface area contributed by atoms with E-state index in [1.165, 1.54) is 0 Å². The fraction of sp³-hybridized carbons (Fsp3) is 0.700. The van der Waals surface area contributed by atoms with Crippen molar-refractivity contribution in [2.24, 2.45) is 5.73 Å². The molecule has 0 aromatic carbocycles. The van der Waals surface area contributed by atoms with Crippen molar-refractivity contribution in [3.63, 3.8) is 0 Å². The summed E-state index contributed by atoms with van der Waals surface area (Å²) in [4.78, 5) is 4.04. The molecular formula is C10H19N3O. The van der Waals surface area contributed by atoms with Crippen LogP contribution in [0, 0.1) is 0 Å². The second kappa shape index (κ2) is 6.56. The Morgan fingerprint density at radius 2 is 2.43 bits per heavy atom. The molecule has 0 bridgehead atoms. The summed E-state index contributed by atoms with van der Waals surface area (Å²) in [5, 5.41) is 0. The highest BCUT2D eigenvalue weighted by molar-refractivity contribution is 4.80. The number of nitrogens with two attached hydrogens (primary N) is 1. The Hall–Kier alpha value is -0.870. The van der Waals surface area contributed by atoms with Crippen molar-refractivity contribution in [2.75, 3.05) is 19.8 Å². The molecule has 0 saturated carbocycles. The predicted octanol–water partition coefficient (Wildman–Crippen LogP) is 1.20. The minimum absolute atomic E-state index is 0.376. The van der Waals surface area contributed by atoms with E-state index in [-0.39, 0.29) is 0 Å². The summed E-state index contributed by atoms with van der Waals surface area (Å²) >= 11 is 0. The van der Waals surface area contributed by atoms with Gasteiger partial charge in [0.15, 0.2) is 0 Å². The fourth-order valence-electron chi connectivity index (χ4n) is 1.41. The van der Waals surface area contributed by atoms with E-state index in [0.717, 1.165) is 32.6 Å². The molecular weight excluding hydrogens is 178 g/mol. The van der Waals surface area contributed by atoms with E-state index >= 15 is 0 Å². The van der Waals surface area contributed by atoms with Gasteiger partial charge in [0.05, 0.1) is 19.0 Å². The number of rotatable bonds is 7. The van der Waals surface area contributed by atoms with Gasteiger partial charge in [0.2, 0.25) is 0 Å². The van der Waals surface area contributed by atoms with Crippen molar-refractivity contribution in [3.8, 4) is 0 Å². The standard InChI is InChI=1S/C10H19N3O/c1-2-14-8-10(4-3-5-11)13-7-6-12-9-13/h6-7,9-10H,2-5,8,11H2,1H3/t10-/m0/s1. The topological polar surface area (TPSA) is 53.1 Å². The van der Waals surface area contributed by atoms with Gasteiger partial charge in [-0.25, -0.2) is 4.98 Å². The molecule has 4 heteroatoms. The van der Waals surface area contributed by atoms with Gasteiger partial charge < -0.3 is 15.0 Å². The summed E-state index contributed by atoms with van der Waals surface area (Å²) < 4.78 is 7.52. The van der Waals surface area contributed by atoms with E-state index in [1.54, 1.807) is 6.20 Å². The van der Waals surface area contributed by atoms with Crippen LogP contribution in [0.3, 0.4) is 0 Å². The van der Waals surface area contributed by atoms with E-state index in [1.807, 2.05) is 19.4 Å². The molecule has 1 aromatic rings. The second-order valence-electron chi connectivity index (χ2n) is 3.25. The van der Waals surface area contributed by atoms with Crippen LogP contribution in [0.2, 0.25) is 0 Å². The molecule has 0 aliphatic carbocycles. The van der Waals surface area contributed by atoms with Crippen molar-refractivity contribution in [1.82, 2.24) is 9.55 Å². The maximum atomic E-state index is 5.49. The monoisotopic (exact) mass is 197 g/mol. The van der Waals surface area contributed by atoms with Gasteiger partial charge in [-0.05, 0) is 26.3 Å². The highest BCUT2D eigenvalue weighted by Crippen LogP contribution is 2.13. The average Bonchev–Trinajstić information content (AvgIpc) is 2.71. The largest absolute Gasteiger partial charge is 0.380 e.